The molecule has 0 spiro atoms. The van der Waals surface area contributed by atoms with Crippen LogP contribution in [-0.2, 0) is 14.4 Å². The van der Waals surface area contributed by atoms with Crippen molar-refractivity contribution in [3.8, 4) is 0 Å². The smallest absolute Gasteiger partial charge is 0.243 e. The molecule has 0 atom stereocenters. The van der Waals surface area contributed by atoms with Crippen molar-refractivity contribution in [3.05, 3.63) is 24.3 Å². The summed E-state index contributed by atoms with van der Waals surface area (Å²) in [6.45, 7) is 5.26. The zero-order valence-corrected chi connectivity index (χ0v) is 13.7. The fourth-order valence-corrected chi connectivity index (χ4v) is 1.90. The van der Waals surface area contributed by atoms with Gasteiger partial charge in [0.2, 0.25) is 17.7 Å². The summed E-state index contributed by atoms with van der Waals surface area (Å²) in [5, 5.41) is 8.12. The Kier molecular flexibility index (Phi) is 5.03. The van der Waals surface area contributed by atoms with Crippen LogP contribution in [0.2, 0.25) is 0 Å². The third kappa shape index (κ3) is 5.39. The van der Waals surface area contributed by atoms with Gasteiger partial charge in [0.15, 0.2) is 0 Å². The van der Waals surface area contributed by atoms with Gasteiger partial charge in [-0.15, -0.1) is 0 Å². The van der Waals surface area contributed by atoms with Crippen molar-refractivity contribution in [3.63, 3.8) is 0 Å². The van der Waals surface area contributed by atoms with Gasteiger partial charge >= 0.3 is 0 Å². The highest BCUT2D eigenvalue weighted by atomic mass is 16.2. The van der Waals surface area contributed by atoms with Gasteiger partial charge in [0.05, 0.1) is 6.54 Å². The molecule has 0 unspecified atom stereocenters. The summed E-state index contributed by atoms with van der Waals surface area (Å²) in [7, 11) is 0. The first-order valence-electron chi connectivity index (χ1n) is 7.75. The van der Waals surface area contributed by atoms with Crippen LogP contribution in [0.25, 0.3) is 0 Å². The molecule has 0 bridgehead atoms. The predicted octanol–water partition coefficient (Wildman–Crippen LogP) is 2.14. The minimum Gasteiger partial charge on any atom is -0.347 e. The van der Waals surface area contributed by atoms with Crippen LogP contribution in [0.3, 0.4) is 0 Å². The van der Waals surface area contributed by atoms with Crippen molar-refractivity contribution >= 4 is 29.1 Å². The monoisotopic (exact) mass is 317 g/mol. The van der Waals surface area contributed by atoms with E-state index in [2.05, 4.69) is 16.0 Å². The van der Waals surface area contributed by atoms with E-state index in [1.165, 1.54) is 0 Å². The van der Waals surface area contributed by atoms with Gasteiger partial charge < -0.3 is 16.0 Å². The Morgan fingerprint density at radius 2 is 1.70 bits per heavy atom. The van der Waals surface area contributed by atoms with Gasteiger partial charge in [-0.25, -0.2) is 0 Å². The van der Waals surface area contributed by atoms with Crippen molar-refractivity contribution in [2.24, 2.45) is 11.3 Å². The average molecular weight is 317 g/mol. The van der Waals surface area contributed by atoms with Gasteiger partial charge in [-0.1, -0.05) is 26.8 Å². The highest BCUT2D eigenvalue weighted by molar-refractivity contribution is 5.97. The zero-order valence-electron chi connectivity index (χ0n) is 13.7. The van der Waals surface area contributed by atoms with Gasteiger partial charge in [0.25, 0.3) is 0 Å². The molecule has 1 saturated carbocycles. The molecule has 0 aliphatic heterocycles. The molecular weight excluding hydrogens is 294 g/mol. The topological polar surface area (TPSA) is 87.3 Å². The molecule has 1 aromatic rings. The van der Waals surface area contributed by atoms with E-state index in [1.54, 1.807) is 45.0 Å². The minimum atomic E-state index is -0.534. The first kappa shape index (κ1) is 17.0. The number of anilines is 2. The van der Waals surface area contributed by atoms with Crippen LogP contribution in [0, 0.1) is 11.3 Å². The number of hydrogen-bond acceptors (Lipinski definition) is 3. The molecular formula is C17H23N3O3. The van der Waals surface area contributed by atoms with Crippen molar-refractivity contribution in [1.29, 1.82) is 0 Å². The maximum absolute atomic E-state index is 11.9. The standard InChI is InChI=1S/C17H23N3O3/c1-17(2,3)16(23)18-10-14(21)19-12-5-4-6-13(9-12)20-15(22)11-7-8-11/h4-6,9,11H,7-8,10H2,1-3H3,(H,18,23)(H,19,21)(H,20,22). The van der Waals surface area contributed by atoms with E-state index in [9.17, 15) is 14.4 Å². The molecule has 1 aromatic carbocycles. The summed E-state index contributed by atoms with van der Waals surface area (Å²) in [4.78, 5) is 35.3. The van der Waals surface area contributed by atoms with Gasteiger partial charge in [-0.05, 0) is 31.0 Å². The van der Waals surface area contributed by atoms with Crippen LogP contribution in [0.5, 0.6) is 0 Å². The van der Waals surface area contributed by atoms with Crippen LogP contribution in [0.15, 0.2) is 24.3 Å². The average Bonchev–Trinajstić information content (AvgIpc) is 3.28. The Labute approximate surface area is 136 Å². The molecule has 3 amide bonds. The number of carbonyl (C=O) groups excluding carboxylic acids is 3. The first-order chi connectivity index (χ1) is 10.8. The Morgan fingerprint density at radius 1 is 1.09 bits per heavy atom. The summed E-state index contributed by atoms with van der Waals surface area (Å²) in [5.41, 5.74) is 0.694. The van der Waals surface area contributed by atoms with Crippen LogP contribution < -0.4 is 16.0 Å². The normalized spacial score (nSPS) is 14.0. The molecule has 3 N–H and O–H groups in total. The third-order valence-corrected chi connectivity index (χ3v) is 3.45. The number of rotatable bonds is 5. The lowest BCUT2D eigenvalue weighted by Gasteiger charge is -2.17. The fraction of sp³-hybridized carbons (Fsp3) is 0.471. The number of benzene rings is 1. The van der Waals surface area contributed by atoms with E-state index in [4.69, 9.17) is 0 Å². The van der Waals surface area contributed by atoms with Crippen molar-refractivity contribution in [2.75, 3.05) is 17.2 Å². The summed E-state index contributed by atoms with van der Waals surface area (Å²) in [6.07, 6.45) is 1.88. The molecule has 1 aliphatic carbocycles. The van der Waals surface area contributed by atoms with Gasteiger partial charge in [0.1, 0.15) is 0 Å². The van der Waals surface area contributed by atoms with Crippen LogP contribution in [-0.4, -0.2) is 24.3 Å². The molecule has 23 heavy (non-hydrogen) atoms. The second kappa shape index (κ2) is 6.81. The predicted molar refractivity (Wildman–Crippen MR) is 88.9 cm³/mol. The van der Waals surface area contributed by atoms with E-state index < -0.39 is 5.41 Å². The molecule has 124 valence electrons. The summed E-state index contributed by atoms with van der Waals surface area (Å²) in [6, 6.07) is 6.96. The fourth-order valence-electron chi connectivity index (χ4n) is 1.90. The summed E-state index contributed by atoms with van der Waals surface area (Å²) in [5.74, 6) is -0.349. The third-order valence-electron chi connectivity index (χ3n) is 3.45. The molecule has 0 aromatic heterocycles. The Morgan fingerprint density at radius 3 is 2.26 bits per heavy atom. The van der Waals surface area contributed by atoms with Crippen LogP contribution in [0.1, 0.15) is 33.6 Å². The van der Waals surface area contributed by atoms with Gasteiger partial charge in [-0.2, -0.15) is 0 Å². The summed E-state index contributed by atoms with van der Waals surface area (Å²) >= 11 is 0. The lowest BCUT2D eigenvalue weighted by molar-refractivity contribution is -0.130. The van der Waals surface area contributed by atoms with Crippen LogP contribution in [0.4, 0.5) is 11.4 Å². The maximum Gasteiger partial charge on any atom is 0.243 e. The lowest BCUT2D eigenvalue weighted by Crippen LogP contribution is -2.39. The highest BCUT2D eigenvalue weighted by Crippen LogP contribution is 2.30. The number of hydrogen-bond donors (Lipinski definition) is 3. The van der Waals surface area contributed by atoms with E-state index in [1.807, 2.05) is 0 Å². The number of carbonyl (C=O) groups is 3. The molecule has 0 saturated heterocycles. The Balaban J connectivity index is 1.85. The van der Waals surface area contributed by atoms with E-state index in [0.717, 1.165) is 12.8 Å². The van der Waals surface area contributed by atoms with Crippen molar-refractivity contribution in [1.82, 2.24) is 5.32 Å². The summed E-state index contributed by atoms with van der Waals surface area (Å²) < 4.78 is 0. The molecule has 1 fully saturated rings. The highest BCUT2D eigenvalue weighted by Gasteiger charge is 2.29. The Hall–Kier alpha value is -2.37. The SMILES string of the molecule is CC(C)(C)C(=O)NCC(=O)Nc1cccc(NC(=O)C2CC2)c1. The largest absolute Gasteiger partial charge is 0.347 e. The number of amides is 3. The molecule has 6 nitrogen and oxygen atoms in total. The quantitative estimate of drug-likeness (QED) is 0.777. The Bertz CT molecular complexity index is 616. The second-order valence-electron chi connectivity index (χ2n) is 6.83. The minimum absolute atomic E-state index is 0.0194. The van der Waals surface area contributed by atoms with E-state index in [-0.39, 0.29) is 30.2 Å². The molecule has 2 rings (SSSR count). The van der Waals surface area contributed by atoms with E-state index in [0.29, 0.717) is 11.4 Å². The van der Waals surface area contributed by atoms with Crippen molar-refractivity contribution < 1.29 is 14.4 Å². The first-order valence-corrected chi connectivity index (χ1v) is 7.75. The van der Waals surface area contributed by atoms with Crippen LogP contribution >= 0.6 is 0 Å². The molecule has 6 heteroatoms. The molecule has 0 radical (unpaired) electrons. The lowest BCUT2D eigenvalue weighted by atomic mass is 9.96. The maximum atomic E-state index is 11.9. The van der Waals surface area contributed by atoms with E-state index >= 15 is 0 Å². The molecule has 1 aliphatic rings. The second-order valence-corrected chi connectivity index (χ2v) is 6.83. The van der Waals surface area contributed by atoms with Crippen molar-refractivity contribution in [2.45, 2.75) is 33.6 Å². The number of nitrogens with one attached hydrogen (secondary N) is 3. The molecule has 0 heterocycles. The van der Waals surface area contributed by atoms with Gasteiger partial charge in [0, 0.05) is 22.7 Å². The van der Waals surface area contributed by atoms with Gasteiger partial charge in [-0.3, -0.25) is 14.4 Å². The zero-order chi connectivity index (χ0) is 17.0.